The molecule has 0 aliphatic heterocycles. The van der Waals surface area contributed by atoms with E-state index in [0.29, 0.717) is 17.1 Å². The van der Waals surface area contributed by atoms with Crippen LogP contribution in [0.5, 0.6) is 5.75 Å². The van der Waals surface area contributed by atoms with Gasteiger partial charge in [0.25, 0.3) is 5.91 Å². The van der Waals surface area contributed by atoms with Gasteiger partial charge in [0, 0.05) is 22.9 Å². The van der Waals surface area contributed by atoms with E-state index in [4.69, 9.17) is 9.47 Å². The fourth-order valence-corrected chi connectivity index (χ4v) is 2.93. The number of Topliss-reactive ketones (excluding diaryl/α,β-unsaturated/α-hetero) is 1. The second-order valence-corrected chi connectivity index (χ2v) is 7.31. The van der Waals surface area contributed by atoms with Crippen molar-refractivity contribution < 1.29 is 28.7 Å². The van der Waals surface area contributed by atoms with E-state index in [1.54, 1.807) is 32.0 Å². The van der Waals surface area contributed by atoms with E-state index in [1.165, 1.54) is 32.7 Å². The Morgan fingerprint density at radius 2 is 1.82 bits per heavy atom. The van der Waals surface area contributed by atoms with Crippen molar-refractivity contribution in [2.45, 2.75) is 45.6 Å². The molecule has 0 unspecified atom stereocenters. The summed E-state index contributed by atoms with van der Waals surface area (Å²) in [4.78, 5) is 46.8. The predicted molar refractivity (Wildman–Crippen MR) is 107 cm³/mol. The predicted octanol–water partition coefficient (Wildman–Crippen LogP) is 2.30. The van der Waals surface area contributed by atoms with Gasteiger partial charge in [-0.15, -0.1) is 11.8 Å². The number of benzene rings is 1. The van der Waals surface area contributed by atoms with Crippen LogP contribution in [-0.4, -0.2) is 48.7 Å². The van der Waals surface area contributed by atoms with Crippen molar-refractivity contribution in [3.05, 3.63) is 29.3 Å². The van der Waals surface area contributed by atoms with Crippen LogP contribution in [-0.2, 0) is 20.1 Å². The number of ether oxygens (including phenoxy) is 2. The number of amides is 3. The number of esters is 1. The highest BCUT2D eigenvalue weighted by atomic mass is 32.2. The Morgan fingerprint density at radius 1 is 1.14 bits per heavy atom. The number of urea groups is 1. The summed E-state index contributed by atoms with van der Waals surface area (Å²) in [6.07, 6.45) is -1.10. The van der Waals surface area contributed by atoms with E-state index >= 15 is 0 Å². The molecule has 0 bridgehead atoms. The molecule has 2 N–H and O–H groups in total. The minimum atomic E-state index is -1.10. The standard InChI is InChI=1S/C19H26N2O6S/c1-11(2)20-19(25)21-18(24)13(4)27-17(23)10-28-9-15-8-14(12(3)22)6-7-16(15)26-5/h6-8,11,13H,9-10H2,1-5H3,(H2,20,21,24,25)/t13-/m1/s1. The molecule has 0 saturated carbocycles. The molecule has 1 aromatic carbocycles. The van der Waals surface area contributed by atoms with Gasteiger partial charge in [-0.05, 0) is 45.9 Å². The molecule has 0 fully saturated rings. The number of rotatable bonds is 9. The fourth-order valence-electron chi connectivity index (χ4n) is 2.15. The smallest absolute Gasteiger partial charge is 0.321 e. The quantitative estimate of drug-likeness (QED) is 0.475. The number of carbonyl (C=O) groups is 4. The highest BCUT2D eigenvalue weighted by Crippen LogP contribution is 2.25. The third-order valence-corrected chi connectivity index (χ3v) is 4.45. The zero-order valence-electron chi connectivity index (χ0n) is 16.7. The molecule has 0 aromatic heterocycles. The number of hydrogen-bond donors (Lipinski definition) is 2. The molecule has 28 heavy (non-hydrogen) atoms. The average molecular weight is 410 g/mol. The lowest BCUT2D eigenvalue weighted by Crippen LogP contribution is -2.46. The maximum atomic E-state index is 11.9. The summed E-state index contributed by atoms with van der Waals surface area (Å²) in [5, 5.41) is 4.61. The molecule has 8 nitrogen and oxygen atoms in total. The van der Waals surface area contributed by atoms with E-state index in [0.717, 1.165) is 5.56 Å². The topological polar surface area (TPSA) is 111 Å². The van der Waals surface area contributed by atoms with Gasteiger partial charge >= 0.3 is 12.0 Å². The molecule has 0 aliphatic rings. The summed E-state index contributed by atoms with van der Waals surface area (Å²) in [6, 6.07) is 4.34. The van der Waals surface area contributed by atoms with Gasteiger partial charge in [-0.1, -0.05) is 0 Å². The largest absolute Gasteiger partial charge is 0.496 e. The van der Waals surface area contributed by atoms with Crippen LogP contribution < -0.4 is 15.4 Å². The highest BCUT2D eigenvalue weighted by molar-refractivity contribution is 7.99. The minimum absolute atomic E-state index is 0.00324. The molecular formula is C19H26N2O6S. The monoisotopic (exact) mass is 410 g/mol. The van der Waals surface area contributed by atoms with Crippen molar-refractivity contribution in [3.63, 3.8) is 0 Å². The third-order valence-electron chi connectivity index (χ3n) is 3.50. The Bertz CT molecular complexity index is 735. The summed E-state index contributed by atoms with van der Waals surface area (Å²) in [5.74, 6) is -0.296. The number of hydrogen-bond acceptors (Lipinski definition) is 7. The Balaban J connectivity index is 2.50. The van der Waals surface area contributed by atoms with E-state index in [2.05, 4.69) is 10.6 Å². The molecule has 1 atom stereocenters. The van der Waals surface area contributed by atoms with Crippen LogP contribution in [0.25, 0.3) is 0 Å². The first-order chi connectivity index (χ1) is 13.1. The van der Waals surface area contributed by atoms with Crippen LogP contribution in [0.3, 0.4) is 0 Å². The van der Waals surface area contributed by atoms with Crippen LogP contribution in [0.1, 0.15) is 43.6 Å². The SMILES string of the molecule is COc1ccc(C(C)=O)cc1CSCC(=O)O[C@H](C)C(=O)NC(=O)NC(C)C. The molecule has 0 aliphatic carbocycles. The van der Waals surface area contributed by atoms with Gasteiger partial charge in [0.05, 0.1) is 12.9 Å². The first kappa shape index (κ1) is 23.5. The molecule has 0 radical (unpaired) electrons. The van der Waals surface area contributed by atoms with Crippen molar-refractivity contribution in [2.75, 3.05) is 12.9 Å². The molecular weight excluding hydrogens is 384 g/mol. The van der Waals surface area contributed by atoms with Gasteiger partial charge in [-0.25, -0.2) is 4.79 Å². The van der Waals surface area contributed by atoms with Crippen LogP contribution in [0.4, 0.5) is 4.79 Å². The number of nitrogens with one attached hydrogen (secondary N) is 2. The first-order valence-corrected chi connectivity index (χ1v) is 9.86. The molecule has 1 rings (SSSR count). The summed E-state index contributed by atoms with van der Waals surface area (Å²) in [5.41, 5.74) is 1.34. The summed E-state index contributed by atoms with van der Waals surface area (Å²) in [6.45, 7) is 6.38. The van der Waals surface area contributed by atoms with E-state index in [9.17, 15) is 19.2 Å². The lowest BCUT2D eigenvalue weighted by atomic mass is 10.1. The fraction of sp³-hybridized carbons (Fsp3) is 0.474. The second-order valence-electron chi connectivity index (χ2n) is 6.33. The van der Waals surface area contributed by atoms with Gasteiger partial charge in [0.2, 0.25) is 0 Å². The van der Waals surface area contributed by atoms with Crippen LogP contribution in [0.2, 0.25) is 0 Å². The number of methoxy groups -OCH3 is 1. The molecule has 3 amide bonds. The zero-order valence-corrected chi connectivity index (χ0v) is 17.5. The second kappa shape index (κ2) is 11.3. The Kier molecular flexibility index (Phi) is 9.50. The van der Waals surface area contributed by atoms with Crippen molar-refractivity contribution in [1.29, 1.82) is 0 Å². The summed E-state index contributed by atoms with van der Waals surface area (Å²) >= 11 is 1.26. The van der Waals surface area contributed by atoms with Crippen LogP contribution >= 0.6 is 11.8 Å². The van der Waals surface area contributed by atoms with Crippen molar-refractivity contribution in [2.24, 2.45) is 0 Å². The van der Waals surface area contributed by atoms with Gasteiger partial charge in [0.1, 0.15) is 5.75 Å². The molecule has 0 heterocycles. The zero-order chi connectivity index (χ0) is 21.3. The number of thioether (sulfide) groups is 1. The maximum Gasteiger partial charge on any atom is 0.321 e. The van der Waals surface area contributed by atoms with Gasteiger partial charge in [-0.2, -0.15) is 0 Å². The van der Waals surface area contributed by atoms with E-state index in [-0.39, 0.29) is 17.6 Å². The Morgan fingerprint density at radius 3 is 2.39 bits per heavy atom. The maximum absolute atomic E-state index is 11.9. The summed E-state index contributed by atoms with van der Waals surface area (Å²) in [7, 11) is 1.53. The van der Waals surface area contributed by atoms with Crippen LogP contribution in [0, 0.1) is 0 Å². The number of carbonyl (C=O) groups excluding carboxylic acids is 4. The molecule has 0 saturated heterocycles. The highest BCUT2D eigenvalue weighted by Gasteiger charge is 2.20. The normalized spacial score (nSPS) is 11.5. The van der Waals surface area contributed by atoms with Gasteiger partial charge in [-0.3, -0.25) is 19.7 Å². The molecule has 154 valence electrons. The lowest BCUT2D eigenvalue weighted by molar-refractivity contribution is -0.151. The number of imide groups is 1. The van der Waals surface area contributed by atoms with Crippen molar-refractivity contribution >= 4 is 35.5 Å². The van der Waals surface area contributed by atoms with Gasteiger partial charge in [0.15, 0.2) is 11.9 Å². The molecule has 9 heteroatoms. The Labute approximate surface area is 168 Å². The first-order valence-electron chi connectivity index (χ1n) is 8.70. The number of ketones is 1. The van der Waals surface area contributed by atoms with Crippen molar-refractivity contribution in [3.8, 4) is 5.75 Å². The summed E-state index contributed by atoms with van der Waals surface area (Å²) < 4.78 is 10.3. The average Bonchev–Trinajstić information content (AvgIpc) is 2.60. The van der Waals surface area contributed by atoms with E-state index < -0.39 is 24.0 Å². The minimum Gasteiger partial charge on any atom is -0.496 e. The van der Waals surface area contributed by atoms with Gasteiger partial charge < -0.3 is 14.8 Å². The van der Waals surface area contributed by atoms with E-state index in [1.807, 2.05) is 0 Å². The van der Waals surface area contributed by atoms with Crippen LogP contribution in [0.15, 0.2) is 18.2 Å². The molecule has 0 spiro atoms. The third kappa shape index (κ3) is 7.99. The van der Waals surface area contributed by atoms with Crippen molar-refractivity contribution in [1.82, 2.24) is 10.6 Å². The Hall–Kier alpha value is -2.55. The lowest BCUT2D eigenvalue weighted by Gasteiger charge is -2.14. The molecule has 1 aromatic rings.